The Morgan fingerprint density at radius 2 is 1.67 bits per heavy atom. The van der Waals surface area contributed by atoms with E-state index in [2.05, 4.69) is 20.2 Å². The average Bonchev–Trinajstić information content (AvgIpc) is 3.19. The highest BCUT2D eigenvalue weighted by Gasteiger charge is 2.17. The molecule has 0 N–H and O–H groups in total. The summed E-state index contributed by atoms with van der Waals surface area (Å²) in [6.07, 6.45) is 3.31. The zero-order valence-corrected chi connectivity index (χ0v) is 15.6. The molecule has 0 fully saturated rings. The Hall–Kier alpha value is -3.19. The maximum Gasteiger partial charge on any atom is 0.268 e. The van der Waals surface area contributed by atoms with Crippen LogP contribution in [0.2, 0.25) is 0 Å². The Labute approximate surface area is 160 Å². The summed E-state index contributed by atoms with van der Waals surface area (Å²) in [7, 11) is -1.14. The van der Waals surface area contributed by atoms with Gasteiger partial charge >= 0.3 is 0 Å². The first-order valence-corrected chi connectivity index (χ1v) is 9.85. The van der Waals surface area contributed by atoms with Crippen molar-refractivity contribution in [1.82, 2.24) is 20.2 Å². The van der Waals surface area contributed by atoms with Crippen molar-refractivity contribution in [1.29, 1.82) is 0 Å². The smallest absolute Gasteiger partial charge is 0.268 e. The molecule has 0 aliphatic carbocycles. The molecule has 2 aromatic carbocycles. The summed E-state index contributed by atoms with van der Waals surface area (Å²) in [5.74, 6) is 0.725. The molecule has 6 nitrogen and oxygen atoms in total. The van der Waals surface area contributed by atoms with Crippen molar-refractivity contribution in [2.75, 3.05) is 6.26 Å². The molecule has 0 bridgehead atoms. The minimum absolute atomic E-state index is 0. The normalized spacial score (nSPS) is 12.1. The second kappa shape index (κ2) is 7.20. The number of nitrogens with zero attached hydrogens (tertiary/aromatic N) is 4. The molecule has 1 unspecified atom stereocenters. The Morgan fingerprint density at radius 3 is 2.44 bits per heavy atom. The van der Waals surface area contributed by atoms with Gasteiger partial charge in [-0.3, -0.25) is 9.19 Å². The molecule has 0 spiro atoms. The van der Waals surface area contributed by atoms with E-state index < -0.39 is 10.8 Å². The molecule has 1 atom stereocenters. The minimum Gasteiger partial charge on any atom is -0.415 e. The summed E-state index contributed by atoms with van der Waals surface area (Å²) in [6, 6.07) is 17.0. The van der Waals surface area contributed by atoms with Crippen LogP contribution >= 0.6 is 0 Å². The highest BCUT2D eigenvalue weighted by Crippen LogP contribution is 2.28. The van der Waals surface area contributed by atoms with Gasteiger partial charge in [0.25, 0.3) is 5.89 Å². The average molecular weight is 378 g/mol. The molecule has 0 radical (unpaired) electrons. The first-order valence-electron chi connectivity index (χ1n) is 8.29. The van der Waals surface area contributed by atoms with Gasteiger partial charge in [-0.15, -0.1) is 10.2 Å². The van der Waals surface area contributed by atoms with Gasteiger partial charge in [-0.05, 0) is 25.1 Å². The van der Waals surface area contributed by atoms with Crippen LogP contribution in [0.25, 0.3) is 34.3 Å². The van der Waals surface area contributed by atoms with Gasteiger partial charge in [0.15, 0.2) is 0 Å². The molecule has 2 aromatic heterocycles. The van der Waals surface area contributed by atoms with Crippen molar-refractivity contribution in [3.05, 3.63) is 66.5 Å². The van der Waals surface area contributed by atoms with E-state index in [1.54, 1.807) is 12.5 Å². The van der Waals surface area contributed by atoms with E-state index in [-0.39, 0.29) is 1.43 Å². The van der Waals surface area contributed by atoms with E-state index in [0.717, 1.165) is 11.1 Å². The van der Waals surface area contributed by atoms with Gasteiger partial charge in [-0.1, -0.05) is 36.4 Å². The van der Waals surface area contributed by atoms with Crippen LogP contribution in [0.15, 0.2) is 70.1 Å². The fourth-order valence-corrected chi connectivity index (χ4v) is 3.48. The lowest BCUT2D eigenvalue weighted by molar-refractivity contribution is 0.581. The van der Waals surface area contributed by atoms with Crippen LogP contribution in [-0.2, 0) is 10.8 Å². The molecule has 0 amide bonds. The van der Waals surface area contributed by atoms with Crippen molar-refractivity contribution in [3.8, 4) is 34.3 Å². The van der Waals surface area contributed by atoms with Crippen molar-refractivity contribution in [3.63, 3.8) is 0 Å². The third kappa shape index (κ3) is 3.41. The first-order chi connectivity index (χ1) is 13.1. The Bertz CT molecular complexity index is 1130. The van der Waals surface area contributed by atoms with Crippen LogP contribution in [0, 0.1) is 6.92 Å². The van der Waals surface area contributed by atoms with Crippen LogP contribution in [0.3, 0.4) is 0 Å². The monoisotopic (exact) mass is 378 g/mol. The van der Waals surface area contributed by atoms with Crippen LogP contribution in [0.5, 0.6) is 0 Å². The molecule has 0 aliphatic rings. The number of aromatic nitrogens is 4. The lowest BCUT2D eigenvalue weighted by Gasteiger charge is -2.08. The van der Waals surface area contributed by atoms with Crippen LogP contribution in [0.1, 0.15) is 7.12 Å². The van der Waals surface area contributed by atoms with E-state index in [1.807, 2.05) is 61.5 Å². The fraction of sp³-hybridized carbons (Fsp3) is 0.100. The summed E-state index contributed by atoms with van der Waals surface area (Å²) >= 11 is 0. The molecule has 4 rings (SSSR count). The molecule has 2 heterocycles. The number of rotatable bonds is 4. The largest absolute Gasteiger partial charge is 0.415 e. The minimum atomic E-state index is -1.14. The quantitative estimate of drug-likeness (QED) is 0.530. The molecule has 0 saturated carbocycles. The van der Waals surface area contributed by atoms with E-state index in [0.29, 0.717) is 33.8 Å². The summed E-state index contributed by atoms with van der Waals surface area (Å²) in [5, 5.41) is 8.26. The third-order valence-electron chi connectivity index (χ3n) is 4.08. The summed E-state index contributed by atoms with van der Waals surface area (Å²) in [6.45, 7) is 1.84. The zero-order valence-electron chi connectivity index (χ0n) is 14.8. The zero-order chi connectivity index (χ0) is 18.8. The number of hydrogen-bond acceptors (Lipinski definition) is 6. The lowest BCUT2D eigenvalue weighted by Crippen LogP contribution is -1.98. The van der Waals surface area contributed by atoms with Gasteiger partial charge in [-0.2, -0.15) is 0 Å². The Kier molecular flexibility index (Phi) is 4.60. The van der Waals surface area contributed by atoms with Gasteiger partial charge < -0.3 is 4.42 Å². The van der Waals surface area contributed by atoms with E-state index >= 15 is 0 Å². The highest BCUT2D eigenvalue weighted by atomic mass is 32.2. The van der Waals surface area contributed by atoms with Crippen molar-refractivity contribution >= 4 is 10.8 Å². The maximum atomic E-state index is 12.0. The molecule has 4 aromatic rings. The van der Waals surface area contributed by atoms with Gasteiger partial charge in [0.2, 0.25) is 5.89 Å². The topological polar surface area (TPSA) is 81.8 Å². The summed E-state index contributed by atoms with van der Waals surface area (Å²) in [5.41, 5.74) is 3.41. The standard InChI is InChI=1S/C20H16N4O2S.H2/c1-13-18(20-24-23-19(26-20)14-8-4-3-5-9-14)22-16(12-21-13)15-10-6-7-11-17(15)27(2)25;/h3-12H,1-2H3;1H. The van der Waals surface area contributed by atoms with Crippen molar-refractivity contribution in [2.45, 2.75) is 11.8 Å². The molecule has 0 aliphatic heterocycles. The molecular formula is C20H18N4O2S. The van der Waals surface area contributed by atoms with Crippen LogP contribution in [0.4, 0.5) is 0 Å². The van der Waals surface area contributed by atoms with Crippen molar-refractivity contribution in [2.24, 2.45) is 0 Å². The third-order valence-corrected chi connectivity index (χ3v) is 5.05. The molecular weight excluding hydrogens is 360 g/mol. The van der Waals surface area contributed by atoms with E-state index in [1.165, 1.54) is 0 Å². The molecule has 0 saturated heterocycles. The van der Waals surface area contributed by atoms with E-state index in [9.17, 15) is 4.21 Å². The van der Waals surface area contributed by atoms with Crippen LogP contribution < -0.4 is 0 Å². The second-order valence-electron chi connectivity index (χ2n) is 5.92. The number of aryl methyl sites for hydroxylation is 1. The van der Waals surface area contributed by atoms with Crippen LogP contribution in [-0.4, -0.2) is 30.6 Å². The predicted molar refractivity (Wildman–Crippen MR) is 105 cm³/mol. The second-order valence-corrected chi connectivity index (χ2v) is 7.27. The summed E-state index contributed by atoms with van der Waals surface area (Å²) in [4.78, 5) is 9.80. The van der Waals surface area contributed by atoms with Gasteiger partial charge in [0.1, 0.15) is 5.69 Å². The molecule has 136 valence electrons. The first kappa shape index (κ1) is 17.2. The number of hydrogen-bond donors (Lipinski definition) is 0. The molecule has 27 heavy (non-hydrogen) atoms. The number of benzene rings is 2. The van der Waals surface area contributed by atoms with Gasteiger partial charge in [0, 0.05) is 23.7 Å². The fourth-order valence-electron chi connectivity index (χ4n) is 2.73. The summed E-state index contributed by atoms with van der Waals surface area (Å²) < 4.78 is 17.9. The van der Waals surface area contributed by atoms with E-state index in [4.69, 9.17) is 4.42 Å². The maximum absolute atomic E-state index is 12.0. The Balaban J connectivity index is 0.00000225. The Morgan fingerprint density at radius 1 is 0.963 bits per heavy atom. The van der Waals surface area contributed by atoms with Gasteiger partial charge in [0.05, 0.1) is 28.4 Å². The SMILES string of the molecule is Cc1ncc(-c2ccccc2S(C)=O)nc1-c1nnc(-c2ccccc2)o1.[HH]. The van der Waals surface area contributed by atoms with Crippen molar-refractivity contribution < 1.29 is 10.1 Å². The predicted octanol–water partition coefficient (Wildman–Crippen LogP) is 4.15. The van der Waals surface area contributed by atoms with Gasteiger partial charge in [-0.25, -0.2) is 4.98 Å². The lowest BCUT2D eigenvalue weighted by atomic mass is 10.1. The molecule has 7 heteroatoms. The highest BCUT2D eigenvalue weighted by molar-refractivity contribution is 7.84.